The van der Waals surface area contributed by atoms with Gasteiger partial charge in [-0.25, -0.2) is 0 Å². The molecule has 0 unspecified atom stereocenters. The summed E-state index contributed by atoms with van der Waals surface area (Å²) in [7, 11) is 0. The predicted octanol–water partition coefficient (Wildman–Crippen LogP) is 3.12. The van der Waals surface area contributed by atoms with Crippen molar-refractivity contribution in [2.75, 3.05) is 11.5 Å². The highest BCUT2D eigenvalue weighted by Crippen LogP contribution is 2.35. The maximum atomic E-state index is 9.51. The molecule has 0 fully saturated rings. The van der Waals surface area contributed by atoms with Crippen molar-refractivity contribution < 1.29 is 0 Å². The van der Waals surface area contributed by atoms with Gasteiger partial charge in [-0.2, -0.15) is 10.5 Å². The molecule has 0 aliphatic rings. The Morgan fingerprint density at radius 1 is 0.692 bits per heavy atom. The first-order valence-corrected chi connectivity index (χ1v) is 8.96. The lowest BCUT2D eigenvalue weighted by Crippen LogP contribution is -2.06. The molecular weight excluding hydrogens is 364 g/mol. The van der Waals surface area contributed by atoms with Crippen molar-refractivity contribution in [1.82, 2.24) is 0 Å². The number of thioether (sulfide) groups is 2. The first-order valence-electron chi connectivity index (χ1n) is 7.32. The van der Waals surface area contributed by atoms with Crippen LogP contribution in [0.1, 0.15) is 0 Å². The Morgan fingerprint density at radius 3 is 1.35 bits per heavy atom. The van der Waals surface area contributed by atoms with E-state index in [0.717, 1.165) is 23.5 Å². The highest BCUT2D eigenvalue weighted by Gasteiger charge is 2.16. The molecule has 0 saturated heterocycles. The van der Waals surface area contributed by atoms with E-state index in [1.165, 1.54) is 0 Å². The zero-order valence-electron chi connectivity index (χ0n) is 13.6. The van der Waals surface area contributed by atoms with Gasteiger partial charge in [0.15, 0.2) is 0 Å². The van der Waals surface area contributed by atoms with Crippen molar-refractivity contribution in [3.63, 3.8) is 0 Å². The normalized spacial score (nSPS) is 12.4. The first kappa shape index (κ1) is 19.1. The van der Waals surface area contributed by atoms with E-state index in [0.29, 0.717) is 21.2 Å². The van der Waals surface area contributed by atoms with Crippen LogP contribution in [0.3, 0.4) is 0 Å². The lowest BCUT2D eigenvalue weighted by molar-refractivity contribution is 1.34. The molecule has 0 spiro atoms. The highest BCUT2D eigenvalue weighted by atomic mass is 32.2. The van der Waals surface area contributed by atoms with Gasteiger partial charge < -0.3 is 22.9 Å². The molecule has 2 aromatic carbocycles. The fourth-order valence-electron chi connectivity index (χ4n) is 1.95. The number of benzene rings is 2. The Hall–Kier alpha value is -3.20. The summed E-state index contributed by atoms with van der Waals surface area (Å²) in [5, 5.41) is 19.3. The Labute approximate surface area is 160 Å². The summed E-state index contributed by atoms with van der Waals surface area (Å²) in [5.41, 5.74) is 25.0. The third-order valence-corrected chi connectivity index (χ3v) is 5.28. The lowest BCUT2D eigenvalue weighted by Gasteiger charge is -2.10. The van der Waals surface area contributed by atoms with Gasteiger partial charge in [0.25, 0.3) is 0 Å². The number of rotatable bonds is 5. The van der Waals surface area contributed by atoms with E-state index < -0.39 is 0 Å². The van der Waals surface area contributed by atoms with Crippen LogP contribution >= 0.6 is 23.5 Å². The summed E-state index contributed by atoms with van der Waals surface area (Å²) in [5.74, 6) is 0. The summed E-state index contributed by atoms with van der Waals surface area (Å²) in [4.78, 5) is 1.38. The van der Waals surface area contributed by atoms with Crippen LogP contribution in [0.4, 0.5) is 11.4 Å². The molecular formula is C18H16N6S2. The van der Waals surface area contributed by atoms with E-state index in [1.807, 2.05) is 24.3 Å². The number of nitrogens with zero attached hydrogens (tertiary/aromatic N) is 2. The Balaban J connectivity index is 2.42. The summed E-state index contributed by atoms with van der Waals surface area (Å²) < 4.78 is 0. The molecule has 0 aromatic heterocycles. The van der Waals surface area contributed by atoms with E-state index in [4.69, 9.17) is 22.9 Å². The third kappa shape index (κ3) is 4.45. The van der Waals surface area contributed by atoms with Crippen molar-refractivity contribution in [2.45, 2.75) is 9.79 Å². The maximum absolute atomic E-state index is 9.51. The number of hydrogen-bond donors (Lipinski definition) is 4. The van der Waals surface area contributed by atoms with Crippen LogP contribution in [0, 0.1) is 22.7 Å². The van der Waals surface area contributed by atoms with E-state index in [-0.39, 0.29) is 21.2 Å². The van der Waals surface area contributed by atoms with Gasteiger partial charge in [-0.15, -0.1) is 0 Å². The molecule has 26 heavy (non-hydrogen) atoms. The topological polar surface area (TPSA) is 152 Å². The minimum Gasteiger partial charge on any atom is -0.398 e. The maximum Gasteiger partial charge on any atom is 0.103 e. The smallest absolute Gasteiger partial charge is 0.103 e. The number of anilines is 2. The highest BCUT2D eigenvalue weighted by molar-refractivity contribution is 8.03. The second-order valence-corrected chi connectivity index (χ2v) is 7.15. The molecule has 0 amide bonds. The number of allylic oxidation sites excluding steroid dienone is 2. The molecule has 8 N–H and O–H groups in total. The fraction of sp³-hybridized carbons (Fsp3) is 0. The molecule has 2 aromatic rings. The van der Waals surface area contributed by atoms with Crippen LogP contribution in [-0.2, 0) is 0 Å². The van der Waals surface area contributed by atoms with Gasteiger partial charge in [0.2, 0.25) is 0 Å². The van der Waals surface area contributed by atoms with Gasteiger partial charge >= 0.3 is 0 Å². The van der Waals surface area contributed by atoms with E-state index >= 15 is 0 Å². The first-order chi connectivity index (χ1) is 12.5. The van der Waals surface area contributed by atoms with Gasteiger partial charge in [0, 0.05) is 21.2 Å². The molecule has 130 valence electrons. The standard InChI is InChI=1S/C18H16N6S2/c19-9-11(17(23)25-15-7-3-1-5-13(15)21)12(10-20)18(24)26-16-8-4-2-6-14(16)22/h1-8H,21-24H2/b17-11-,18-12+. The summed E-state index contributed by atoms with van der Waals surface area (Å²) in [6.07, 6.45) is 0. The predicted molar refractivity (Wildman–Crippen MR) is 107 cm³/mol. The van der Waals surface area contributed by atoms with Crippen LogP contribution in [0.15, 0.2) is 79.5 Å². The second-order valence-electron chi connectivity index (χ2n) is 4.98. The summed E-state index contributed by atoms with van der Waals surface area (Å²) >= 11 is 2.22. The van der Waals surface area contributed by atoms with Crippen LogP contribution in [0.2, 0.25) is 0 Å². The molecule has 0 saturated carbocycles. The minimum atomic E-state index is 0.000237. The Kier molecular flexibility index (Phi) is 6.45. The average molecular weight is 381 g/mol. The summed E-state index contributed by atoms with van der Waals surface area (Å²) in [6, 6.07) is 18.1. The van der Waals surface area contributed by atoms with Crippen LogP contribution in [-0.4, -0.2) is 0 Å². The number of nitrogen functional groups attached to an aromatic ring is 2. The molecule has 0 aliphatic carbocycles. The van der Waals surface area contributed by atoms with Crippen LogP contribution in [0.25, 0.3) is 0 Å². The second kappa shape index (κ2) is 8.77. The van der Waals surface area contributed by atoms with Crippen LogP contribution < -0.4 is 22.9 Å². The minimum absolute atomic E-state index is 0.000237. The summed E-state index contributed by atoms with van der Waals surface area (Å²) in [6.45, 7) is 0. The molecule has 0 heterocycles. The zero-order valence-corrected chi connectivity index (χ0v) is 15.3. The number of para-hydroxylation sites is 2. The van der Waals surface area contributed by atoms with Crippen molar-refractivity contribution in [3.05, 3.63) is 69.7 Å². The van der Waals surface area contributed by atoms with Gasteiger partial charge in [0.05, 0.1) is 10.1 Å². The third-order valence-electron chi connectivity index (χ3n) is 3.24. The monoisotopic (exact) mass is 380 g/mol. The van der Waals surface area contributed by atoms with Crippen molar-refractivity contribution in [3.8, 4) is 12.1 Å². The van der Waals surface area contributed by atoms with Gasteiger partial charge in [0.1, 0.15) is 23.3 Å². The molecule has 0 radical (unpaired) electrons. The average Bonchev–Trinajstić information content (AvgIpc) is 2.63. The van der Waals surface area contributed by atoms with Crippen molar-refractivity contribution >= 4 is 34.9 Å². The van der Waals surface area contributed by atoms with E-state index in [1.54, 1.807) is 36.4 Å². The van der Waals surface area contributed by atoms with Crippen molar-refractivity contribution in [2.24, 2.45) is 11.5 Å². The van der Waals surface area contributed by atoms with Gasteiger partial charge in [-0.1, -0.05) is 47.8 Å². The molecule has 8 heteroatoms. The van der Waals surface area contributed by atoms with E-state index in [9.17, 15) is 10.5 Å². The Bertz CT molecular complexity index is 887. The molecule has 0 aliphatic heterocycles. The fourth-order valence-corrected chi connectivity index (χ4v) is 3.59. The molecule has 0 bridgehead atoms. The number of nitriles is 2. The largest absolute Gasteiger partial charge is 0.398 e. The van der Waals surface area contributed by atoms with Gasteiger partial charge in [-0.05, 0) is 24.3 Å². The molecule has 2 rings (SSSR count). The zero-order chi connectivity index (χ0) is 19.1. The van der Waals surface area contributed by atoms with Crippen LogP contribution in [0.5, 0.6) is 0 Å². The lowest BCUT2D eigenvalue weighted by atomic mass is 10.1. The Morgan fingerprint density at radius 2 is 1.04 bits per heavy atom. The quantitative estimate of drug-likeness (QED) is 0.267. The number of nitrogens with two attached hydrogens (primary N) is 4. The molecule has 6 nitrogen and oxygen atoms in total. The van der Waals surface area contributed by atoms with Gasteiger partial charge in [-0.3, -0.25) is 0 Å². The molecule has 0 atom stereocenters. The van der Waals surface area contributed by atoms with E-state index in [2.05, 4.69) is 0 Å². The SMILES string of the molecule is N#CC(=C(/N)Sc1ccccc1N)/C(C#N)=C(/N)Sc1ccccc1N. The number of hydrogen-bond acceptors (Lipinski definition) is 8. The van der Waals surface area contributed by atoms with Crippen molar-refractivity contribution in [1.29, 1.82) is 10.5 Å².